The number of hydrogen-bond donors (Lipinski definition) is 1. The van der Waals surface area contributed by atoms with Gasteiger partial charge in [-0.2, -0.15) is 0 Å². The van der Waals surface area contributed by atoms with Crippen LogP contribution in [0.2, 0.25) is 5.02 Å². The minimum absolute atomic E-state index is 0.165. The maximum absolute atomic E-state index is 13.2. The zero-order chi connectivity index (χ0) is 21.4. The summed E-state index contributed by atoms with van der Waals surface area (Å²) in [5.41, 5.74) is 0.764. The maximum Gasteiger partial charge on any atom is 0.242 e. The molecule has 0 saturated heterocycles. The van der Waals surface area contributed by atoms with Crippen LogP contribution in [0.25, 0.3) is 0 Å². The van der Waals surface area contributed by atoms with Crippen molar-refractivity contribution in [3.63, 3.8) is 0 Å². The van der Waals surface area contributed by atoms with Gasteiger partial charge in [0.05, 0.1) is 5.75 Å². The molecule has 0 fully saturated rings. The van der Waals surface area contributed by atoms with Crippen LogP contribution in [0.5, 0.6) is 0 Å². The molecule has 29 heavy (non-hydrogen) atoms. The number of carbonyl (C=O) groups excluding carboxylic acids is 2. The Morgan fingerprint density at radius 2 is 1.69 bits per heavy atom. The van der Waals surface area contributed by atoms with Crippen molar-refractivity contribution in [1.29, 1.82) is 0 Å². The Hall–Kier alpha value is -2.05. The third-order valence-corrected chi connectivity index (χ3v) is 5.54. The van der Waals surface area contributed by atoms with Gasteiger partial charge >= 0.3 is 0 Å². The molecule has 0 unspecified atom stereocenters. The van der Waals surface area contributed by atoms with Gasteiger partial charge in [0.25, 0.3) is 0 Å². The Kier molecular flexibility index (Phi) is 8.99. The lowest BCUT2D eigenvalue weighted by Crippen LogP contribution is -2.48. The summed E-state index contributed by atoms with van der Waals surface area (Å²) in [6.07, 6.45) is 0. The first-order valence-corrected chi connectivity index (χ1v) is 10.8. The van der Waals surface area contributed by atoms with E-state index in [2.05, 4.69) is 5.32 Å². The lowest BCUT2D eigenvalue weighted by atomic mass is 10.1. The third kappa shape index (κ3) is 7.71. The van der Waals surface area contributed by atoms with E-state index in [1.807, 2.05) is 26.0 Å². The first kappa shape index (κ1) is 23.2. The maximum atomic E-state index is 13.2. The lowest BCUT2D eigenvalue weighted by Gasteiger charge is -2.29. The van der Waals surface area contributed by atoms with E-state index in [0.717, 1.165) is 10.5 Å². The van der Waals surface area contributed by atoms with Gasteiger partial charge in [-0.25, -0.2) is 4.39 Å². The molecule has 156 valence electrons. The zero-order valence-electron chi connectivity index (χ0n) is 16.8. The van der Waals surface area contributed by atoms with Gasteiger partial charge in [0.2, 0.25) is 11.8 Å². The summed E-state index contributed by atoms with van der Waals surface area (Å²) >= 11 is 7.28. The van der Waals surface area contributed by atoms with Crippen LogP contribution in [0, 0.1) is 11.7 Å². The number of rotatable bonds is 9. The molecule has 0 bridgehead atoms. The minimum Gasteiger partial charge on any atom is -0.354 e. The van der Waals surface area contributed by atoms with Crippen molar-refractivity contribution in [2.75, 3.05) is 12.3 Å². The van der Waals surface area contributed by atoms with Gasteiger partial charge in [0, 0.05) is 23.0 Å². The molecule has 7 heteroatoms. The average Bonchev–Trinajstić information content (AvgIpc) is 2.70. The normalized spacial score (nSPS) is 11.9. The average molecular weight is 437 g/mol. The molecule has 0 spiro atoms. The largest absolute Gasteiger partial charge is 0.354 e. The highest BCUT2D eigenvalue weighted by Gasteiger charge is 2.26. The van der Waals surface area contributed by atoms with Gasteiger partial charge in [-0.1, -0.05) is 37.6 Å². The van der Waals surface area contributed by atoms with Gasteiger partial charge in [0.15, 0.2) is 0 Å². The zero-order valence-corrected chi connectivity index (χ0v) is 18.4. The highest BCUT2D eigenvalue weighted by molar-refractivity contribution is 8.00. The summed E-state index contributed by atoms with van der Waals surface area (Å²) in [6, 6.07) is 12.6. The highest BCUT2D eigenvalue weighted by Crippen LogP contribution is 2.22. The van der Waals surface area contributed by atoms with Gasteiger partial charge < -0.3 is 10.2 Å². The summed E-state index contributed by atoms with van der Waals surface area (Å²) in [5, 5.41) is 3.51. The molecule has 0 radical (unpaired) electrons. The van der Waals surface area contributed by atoms with Crippen LogP contribution in [-0.4, -0.2) is 35.1 Å². The minimum atomic E-state index is -0.642. The van der Waals surface area contributed by atoms with E-state index < -0.39 is 6.04 Å². The van der Waals surface area contributed by atoms with Crippen LogP contribution >= 0.6 is 23.4 Å². The van der Waals surface area contributed by atoms with E-state index in [0.29, 0.717) is 17.5 Å². The summed E-state index contributed by atoms with van der Waals surface area (Å²) in [4.78, 5) is 28.0. The molecule has 0 saturated carbocycles. The van der Waals surface area contributed by atoms with E-state index in [9.17, 15) is 14.0 Å². The van der Waals surface area contributed by atoms with E-state index in [1.165, 1.54) is 28.8 Å². The van der Waals surface area contributed by atoms with Crippen molar-refractivity contribution in [3.8, 4) is 0 Å². The molecule has 2 aromatic rings. The lowest BCUT2D eigenvalue weighted by molar-refractivity contribution is -0.138. The Labute approximate surface area is 180 Å². The van der Waals surface area contributed by atoms with E-state index >= 15 is 0 Å². The second-order valence-electron chi connectivity index (χ2n) is 7.21. The first-order chi connectivity index (χ1) is 13.8. The summed E-state index contributed by atoms with van der Waals surface area (Å²) < 4.78 is 13.2. The topological polar surface area (TPSA) is 49.4 Å². The fraction of sp³-hybridized carbons (Fsp3) is 0.364. The molecule has 0 aliphatic heterocycles. The predicted molar refractivity (Wildman–Crippen MR) is 116 cm³/mol. The van der Waals surface area contributed by atoms with Crippen LogP contribution in [0.3, 0.4) is 0 Å². The summed E-state index contributed by atoms with van der Waals surface area (Å²) in [7, 11) is 0. The molecule has 1 N–H and O–H groups in total. The number of benzene rings is 2. The number of nitrogens with zero attached hydrogens (tertiary/aromatic N) is 1. The second-order valence-corrected chi connectivity index (χ2v) is 8.69. The van der Waals surface area contributed by atoms with E-state index in [1.54, 1.807) is 31.2 Å². The van der Waals surface area contributed by atoms with Gasteiger partial charge in [-0.05, 0) is 54.8 Å². The van der Waals surface area contributed by atoms with Gasteiger partial charge in [0.1, 0.15) is 11.9 Å². The van der Waals surface area contributed by atoms with Crippen molar-refractivity contribution in [2.45, 2.75) is 38.3 Å². The SMILES string of the molecule is CC(C)CNC(=O)[C@H](C)N(Cc1ccc(F)cc1)C(=O)CSc1ccc(Cl)cc1. The third-order valence-electron chi connectivity index (χ3n) is 4.29. The fourth-order valence-corrected chi connectivity index (χ4v) is 3.49. The van der Waals surface area contributed by atoms with Crippen LogP contribution in [0.4, 0.5) is 4.39 Å². The number of halogens is 2. The molecule has 2 aromatic carbocycles. The molecule has 2 amide bonds. The Balaban J connectivity index is 2.10. The Morgan fingerprint density at radius 3 is 2.28 bits per heavy atom. The van der Waals surface area contributed by atoms with E-state index in [4.69, 9.17) is 11.6 Å². The fourth-order valence-electron chi connectivity index (χ4n) is 2.58. The Morgan fingerprint density at radius 1 is 1.07 bits per heavy atom. The smallest absolute Gasteiger partial charge is 0.242 e. The molecular weight excluding hydrogens is 411 g/mol. The number of hydrogen-bond acceptors (Lipinski definition) is 3. The number of thioether (sulfide) groups is 1. The molecule has 0 heterocycles. The van der Waals surface area contributed by atoms with Crippen LogP contribution in [0.15, 0.2) is 53.4 Å². The molecular formula is C22H26ClFN2O2S. The monoisotopic (exact) mass is 436 g/mol. The number of amides is 2. The molecule has 0 aliphatic rings. The molecule has 2 rings (SSSR count). The number of carbonyl (C=O) groups is 2. The van der Waals surface area contributed by atoms with Crippen molar-refractivity contribution >= 4 is 35.2 Å². The standard InChI is InChI=1S/C22H26ClFN2O2S/c1-15(2)12-25-22(28)16(3)26(13-17-4-8-19(24)9-5-17)21(27)14-29-20-10-6-18(23)7-11-20/h4-11,15-16H,12-14H2,1-3H3,(H,25,28)/t16-/m0/s1. The van der Waals surface area contributed by atoms with Crippen LogP contribution < -0.4 is 5.32 Å². The van der Waals surface area contributed by atoms with Crippen molar-refractivity contribution in [1.82, 2.24) is 10.2 Å². The van der Waals surface area contributed by atoms with E-state index in [-0.39, 0.29) is 29.9 Å². The van der Waals surface area contributed by atoms with Crippen molar-refractivity contribution < 1.29 is 14.0 Å². The molecule has 4 nitrogen and oxygen atoms in total. The second kappa shape index (κ2) is 11.2. The van der Waals surface area contributed by atoms with Gasteiger partial charge in [-0.3, -0.25) is 9.59 Å². The number of nitrogens with one attached hydrogen (secondary N) is 1. The summed E-state index contributed by atoms with van der Waals surface area (Å²) in [5.74, 6) is -0.211. The highest BCUT2D eigenvalue weighted by atomic mass is 35.5. The van der Waals surface area contributed by atoms with Crippen LogP contribution in [0.1, 0.15) is 26.3 Å². The van der Waals surface area contributed by atoms with Crippen LogP contribution in [-0.2, 0) is 16.1 Å². The molecule has 1 atom stereocenters. The van der Waals surface area contributed by atoms with Gasteiger partial charge in [-0.15, -0.1) is 11.8 Å². The summed E-state index contributed by atoms with van der Waals surface area (Å²) in [6.45, 7) is 6.51. The van der Waals surface area contributed by atoms with Crippen molar-refractivity contribution in [3.05, 3.63) is 64.9 Å². The Bertz CT molecular complexity index is 813. The molecule has 0 aromatic heterocycles. The quantitative estimate of drug-likeness (QED) is 0.576. The predicted octanol–water partition coefficient (Wildman–Crippen LogP) is 4.76. The molecule has 0 aliphatic carbocycles. The van der Waals surface area contributed by atoms with Crippen molar-refractivity contribution in [2.24, 2.45) is 5.92 Å². The first-order valence-electron chi connectivity index (χ1n) is 9.46.